The van der Waals surface area contributed by atoms with Crippen molar-refractivity contribution in [3.05, 3.63) is 65.2 Å². The Morgan fingerprint density at radius 1 is 1.15 bits per heavy atom. The number of rotatable bonds is 4. The summed E-state index contributed by atoms with van der Waals surface area (Å²) < 4.78 is 5.53. The second-order valence-electron chi connectivity index (χ2n) is 7.09. The molecule has 136 valence electrons. The molecule has 2 aromatic rings. The average molecular weight is 350 g/mol. The number of carbonyl (C=O) groups is 1. The number of likely N-dealkylation sites (tertiary alicyclic amines) is 1. The second kappa shape index (κ2) is 7.40. The summed E-state index contributed by atoms with van der Waals surface area (Å²) in [6.45, 7) is 3.47. The standard InChI is InChI=1S/C22H26N2O2/c1-2-26-18-12-9-17(10-13-18)21-8-5-15-24(21)22(25)23-20-14-11-16-6-3-4-7-19(16)20/h3-4,6-7,9-10,12-13,20-21H,2,5,8,11,14-15H2,1H3,(H,23,25). The lowest BCUT2D eigenvalue weighted by molar-refractivity contribution is 0.189. The Morgan fingerprint density at radius 3 is 2.77 bits per heavy atom. The topological polar surface area (TPSA) is 41.6 Å². The van der Waals surface area contributed by atoms with Crippen LogP contribution >= 0.6 is 0 Å². The van der Waals surface area contributed by atoms with Gasteiger partial charge in [0, 0.05) is 6.54 Å². The fourth-order valence-corrected chi connectivity index (χ4v) is 4.25. The quantitative estimate of drug-likeness (QED) is 0.874. The Labute approximate surface area is 155 Å². The zero-order valence-corrected chi connectivity index (χ0v) is 15.3. The largest absolute Gasteiger partial charge is 0.494 e. The van der Waals surface area contributed by atoms with E-state index in [4.69, 9.17) is 4.74 Å². The van der Waals surface area contributed by atoms with Crippen LogP contribution in [0.2, 0.25) is 0 Å². The molecule has 0 radical (unpaired) electrons. The van der Waals surface area contributed by atoms with Gasteiger partial charge in [-0.05, 0) is 61.4 Å². The van der Waals surface area contributed by atoms with Crippen molar-refractivity contribution in [2.75, 3.05) is 13.2 Å². The molecule has 1 aliphatic heterocycles. The molecule has 4 heteroatoms. The molecule has 26 heavy (non-hydrogen) atoms. The number of benzene rings is 2. The number of aryl methyl sites for hydroxylation is 1. The van der Waals surface area contributed by atoms with Gasteiger partial charge in [-0.1, -0.05) is 36.4 Å². The van der Waals surface area contributed by atoms with Crippen LogP contribution < -0.4 is 10.1 Å². The van der Waals surface area contributed by atoms with Crippen molar-refractivity contribution < 1.29 is 9.53 Å². The lowest BCUT2D eigenvalue weighted by atomic mass is 10.0. The molecule has 0 aromatic heterocycles. The molecule has 1 saturated heterocycles. The molecule has 1 N–H and O–H groups in total. The van der Waals surface area contributed by atoms with E-state index in [0.717, 1.165) is 38.0 Å². The molecule has 2 aromatic carbocycles. The summed E-state index contributed by atoms with van der Waals surface area (Å²) >= 11 is 0. The van der Waals surface area contributed by atoms with Crippen LogP contribution in [0.4, 0.5) is 4.79 Å². The number of hydrogen-bond donors (Lipinski definition) is 1. The van der Waals surface area contributed by atoms with Crippen LogP contribution in [0.1, 0.15) is 55.0 Å². The highest BCUT2D eigenvalue weighted by Gasteiger charge is 2.32. The fourth-order valence-electron chi connectivity index (χ4n) is 4.25. The Balaban J connectivity index is 1.45. The van der Waals surface area contributed by atoms with Gasteiger partial charge in [0.1, 0.15) is 5.75 Å². The van der Waals surface area contributed by atoms with Gasteiger partial charge < -0.3 is 15.0 Å². The minimum absolute atomic E-state index is 0.0584. The zero-order chi connectivity index (χ0) is 17.9. The van der Waals surface area contributed by atoms with Crippen LogP contribution in [0.5, 0.6) is 5.75 Å². The molecule has 1 heterocycles. The smallest absolute Gasteiger partial charge is 0.318 e. The number of nitrogens with zero attached hydrogens (tertiary/aromatic N) is 1. The number of urea groups is 1. The summed E-state index contributed by atoms with van der Waals surface area (Å²) in [6.07, 6.45) is 4.10. The van der Waals surface area contributed by atoms with Crippen molar-refractivity contribution in [1.82, 2.24) is 10.2 Å². The SMILES string of the molecule is CCOc1ccc(C2CCCN2C(=O)NC2CCc3ccccc32)cc1. The van der Waals surface area contributed by atoms with Crippen LogP contribution in [0.3, 0.4) is 0 Å². The van der Waals surface area contributed by atoms with Gasteiger partial charge in [0.15, 0.2) is 0 Å². The van der Waals surface area contributed by atoms with Crippen molar-refractivity contribution >= 4 is 6.03 Å². The Morgan fingerprint density at radius 2 is 1.96 bits per heavy atom. The summed E-state index contributed by atoms with van der Waals surface area (Å²) in [7, 11) is 0. The Kier molecular flexibility index (Phi) is 4.83. The summed E-state index contributed by atoms with van der Waals surface area (Å²) in [5, 5.41) is 3.27. The van der Waals surface area contributed by atoms with E-state index >= 15 is 0 Å². The van der Waals surface area contributed by atoms with E-state index in [-0.39, 0.29) is 18.1 Å². The van der Waals surface area contributed by atoms with Crippen LogP contribution in [-0.2, 0) is 6.42 Å². The minimum Gasteiger partial charge on any atom is -0.494 e. The third-order valence-corrected chi connectivity index (χ3v) is 5.52. The first-order chi connectivity index (χ1) is 12.8. The van der Waals surface area contributed by atoms with Crippen molar-refractivity contribution in [3.63, 3.8) is 0 Å². The van der Waals surface area contributed by atoms with Gasteiger partial charge in [-0.15, -0.1) is 0 Å². The predicted molar refractivity (Wildman–Crippen MR) is 102 cm³/mol. The predicted octanol–water partition coefficient (Wildman–Crippen LogP) is 4.62. The summed E-state index contributed by atoms with van der Waals surface area (Å²) in [6, 6.07) is 17.0. The molecule has 2 atom stereocenters. The minimum atomic E-state index is 0.0584. The van der Waals surface area contributed by atoms with E-state index in [9.17, 15) is 4.79 Å². The monoisotopic (exact) mass is 350 g/mol. The molecule has 2 amide bonds. The van der Waals surface area contributed by atoms with Gasteiger partial charge in [-0.3, -0.25) is 0 Å². The molecule has 0 saturated carbocycles. The van der Waals surface area contributed by atoms with Gasteiger partial charge in [-0.2, -0.15) is 0 Å². The number of nitrogens with one attached hydrogen (secondary N) is 1. The number of fused-ring (bicyclic) bond motifs is 1. The molecular formula is C22H26N2O2. The molecule has 4 rings (SSSR count). The molecule has 1 fully saturated rings. The molecule has 2 unspecified atom stereocenters. The van der Waals surface area contributed by atoms with E-state index < -0.39 is 0 Å². The summed E-state index contributed by atoms with van der Waals surface area (Å²) in [5.41, 5.74) is 3.83. The summed E-state index contributed by atoms with van der Waals surface area (Å²) in [5.74, 6) is 0.882. The van der Waals surface area contributed by atoms with Crippen LogP contribution in [0, 0.1) is 0 Å². The van der Waals surface area contributed by atoms with Gasteiger partial charge in [0.25, 0.3) is 0 Å². The average Bonchev–Trinajstić information content (AvgIpc) is 3.30. The normalized spacial score (nSPS) is 21.5. The molecule has 0 spiro atoms. The van der Waals surface area contributed by atoms with Crippen LogP contribution in [0.15, 0.2) is 48.5 Å². The zero-order valence-electron chi connectivity index (χ0n) is 15.3. The van der Waals surface area contributed by atoms with Gasteiger partial charge in [0.2, 0.25) is 0 Å². The first-order valence-corrected chi connectivity index (χ1v) is 9.64. The van der Waals surface area contributed by atoms with E-state index in [1.165, 1.54) is 16.7 Å². The number of carbonyl (C=O) groups excluding carboxylic acids is 1. The van der Waals surface area contributed by atoms with Gasteiger partial charge in [0.05, 0.1) is 18.7 Å². The first kappa shape index (κ1) is 17.0. The lowest BCUT2D eigenvalue weighted by Crippen LogP contribution is -2.40. The van der Waals surface area contributed by atoms with E-state index in [1.54, 1.807) is 0 Å². The van der Waals surface area contributed by atoms with Crippen molar-refractivity contribution in [3.8, 4) is 5.75 Å². The highest BCUT2D eigenvalue weighted by atomic mass is 16.5. The maximum absolute atomic E-state index is 13.0. The second-order valence-corrected chi connectivity index (χ2v) is 7.09. The van der Waals surface area contributed by atoms with E-state index in [2.05, 4.69) is 41.7 Å². The third kappa shape index (κ3) is 3.28. The lowest BCUT2D eigenvalue weighted by Gasteiger charge is -2.27. The number of ether oxygens (including phenoxy) is 1. The summed E-state index contributed by atoms with van der Waals surface area (Å²) in [4.78, 5) is 15.0. The van der Waals surface area contributed by atoms with Crippen LogP contribution in [-0.4, -0.2) is 24.1 Å². The molecule has 1 aliphatic carbocycles. The third-order valence-electron chi connectivity index (χ3n) is 5.52. The highest BCUT2D eigenvalue weighted by Crippen LogP contribution is 2.35. The maximum Gasteiger partial charge on any atom is 0.318 e. The molecular weight excluding hydrogens is 324 g/mol. The van der Waals surface area contributed by atoms with Crippen LogP contribution in [0.25, 0.3) is 0 Å². The molecule has 2 aliphatic rings. The van der Waals surface area contributed by atoms with Gasteiger partial charge >= 0.3 is 6.03 Å². The van der Waals surface area contributed by atoms with Crippen molar-refractivity contribution in [1.29, 1.82) is 0 Å². The Bertz CT molecular complexity index is 772. The van der Waals surface area contributed by atoms with E-state index in [1.807, 2.05) is 24.0 Å². The van der Waals surface area contributed by atoms with E-state index in [0.29, 0.717) is 6.61 Å². The number of amides is 2. The van der Waals surface area contributed by atoms with Crippen molar-refractivity contribution in [2.45, 2.75) is 44.7 Å². The fraction of sp³-hybridized carbons (Fsp3) is 0.409. The maximum atomic E-state index is 13.0. The van der Waals surface area contributed by atoms with Crippen molar-refractivity contribution in [2.24, 2.45) is 0 Å². The molecule has 4 nitrogen and oxygen atoms in total. The number of hydrogen-bond acceptors (Lipinski definition) is 2. The first-order valence-electron chi connectivity index (χ1n) is 9.64. The highest BCUT2D eigenvalue weighted by molar-refractivity contribution is 5.76. The molecule has 0 bridgehead atoms. The Hall–Kier alpha value is -2.49. The van der Waals surface area contributed by atoms with Gasteiger partial charge in [-0.25, -0.2) is 4.79 Å².